The Kier molecular flexibility index (Phi) is 33.2. The first-order valence-corrected chi connectivity index (χ1v) is 21.3. The summed E-state index contributed by atoms with van der Waals surface area (Å²) in [6, 6.07) is 6.54. The Hall–Kier alpha value is -2.29. The van der Waals surface area contributed by atoms with Gasteiger partial charge in [-0.05, 0) is 123 Å². The molecule has 1 aromatic carbocycles. The minimum Gasteiger partial charge on any atom is -0.378 e. The molecule has 0 amide bonds. The molecule has 1 heterocycles. The summed E-state index contributed by atoms with van der Waals surface area (Å²) in [5.41, 5.74) is 8.38. The lowest BCUT2D eigenvalue weighted by atomic mass is 9.64. The molecule has 1 saturated carbocycles. The molecular formula is C50H89ClN2. The molecule has 53 heavy (non-hydrogen) atoms. The monoisotopic (exact) mass is 753 g/mol. The lowest BCUT2D eigenvalue weighted by molar-refractivity contribution is 0.0689. The van der Waals surface area contributed by atoms with E-state index < -0.39 is 0 Å². The minimum absolute atomic E-state index is 0. The van der Waals surface area contributed by atoms with Crippen LogP contribution < -0.4 is 4.90 Å². The molecule has 3 aliphatic rings. The number of nitrogens with zero attached hydrogens (tertiary/aromatic N) is 2. The van der Waals surface area contributed by atoms with Crippen molar-refractivity contribution in [3.63, 3.8) is 0 Å². The van der Waals surface area contributed by atoms with Crippen molar-refractivity contribution in [1.82, 2.24) is 4.90 Å². The second-order valence-electron chi connectivity index (χ2n) is 15.7. The highest BCUT2D eigenvalue weighted by atomic mass is 35.5. The number of piperidine rings is 1. The average molecular weight is 754 g/mol. The molecular weight excluding hydrogens is 664 g/mol. The molecule has 2 nitrogen and oxygen atoms in total. The predicted octanol–water partition coefficient (Wildman–Crippen LogP) is 15.9. The topological polar surface area (TPSA) is 6.48 Å². The van der Waals surface area contributed by atoms with E-state index >= 15 is 0 Å². The van der Waals surface area contributed by atoms with E-state index in [0.717, 1.165) is 24.3 Å². The number of likely N-dealkylation sites (tertiary alicyclic amines) is 1. The molecule has 2 aliphatic carbocycles. The van der Waals surface area contributed by atoms with Gasteiger partial charge in [0.05, 0.1) is 0 Å². The van der Waals surface area contributed by atoms with Crippen LogP contribution in [0.5, 0.6) is 0 Å². The summed E-state index contributed by atoms with van der Waals surface area (Å²) in [6.07, 6.45) is 27.3. The van der Waals surface area contributed by atoms with Crippen LogP contribution in [0, 0.1) is 16.7 Å². The third-order valence-electron chi connectivity index (χ3n) is 9.43. The van der Waals surface area contributed by atoms with Crippen molar-refractivity contribution in [3.8, 4) is 0 Å². The van der Waals surface area contributed by atoms with E-state index in [9.17, 15) is 0 Å². The smallest absolute Gasteiger partial charge is 0.0409 e. The molecule has 0 spiro atoms. The highest BCUT2D eigenvalue weighted by molar-refractivity contribution is 6.18. The largest absolute Gasteiger partial charge is 0.378 e. The van der Waals surface area contributed by atoms with Crippen molar-refractivity contribution in [3.05, 3.63) is 96.7 Å². The number of halogens is 1. The molecule has 0 N–H and O–H groups in total. The quantitative estimate of drug-likeness (QED) is 0.133. The van der Waals surface area contributed by atoms with E-state index in [1.54, 1.807) is 0 Å². The van der Waals surface area contributed by atoms with Gasteiger partial charge in [-0.1, -0.05) is 164 Å². The number of anilines is 1. The number of unbranched alkanes of at least 4 members (excludes halogenated alkanes) is 1. The Morgan fingerprint density at radius 2 is 1.55 bits per heavy atom. The second-order valence-corrected chi connectivity index (χ2v) is 16.1. The van der Waals surface area contributed by atoms with Gasteiger partial charge in [0.2, 0.25) is 0 Å². The average Bonchev–Trinajstić information content (AvgIpc) is 3.15. The lowest BCUT2D eigenvalue weighted by Crippen LogP contribution is -2.43. The Morgan fingerprint density at radius 1 is 0.981 bits per heavy atom. The molecule has 0 atom stereocenters. The van der Waals surface area contributed by atoms with Crippen LogP contribution in [0.25, 0.3) is 5.57 Å². The van der Waals surface area contributed by atoms with Crippen molar-refractivity contribution in [1.29, 1.82) is 0 Å². The maximum atomic E-state index is 5.47. The van der Waals surface area contributed by atoms with Crippen molar-refractivity contribution < 1.29 is 0 Å². The number of rotatable bonds is 10. The Morgan fingerprint density at radius 3 is 2.00 bits per heavy atom. The van der Waals surface area contributed by atoms with Gasteiger partial charge in [0.1, 0.15) is 0 Å². The van der Waals surface area contributed by atoms with Gasteiger partial charge in [-0.2, -0.15) is 0 Å². The Bertz CT molecular complexity index is 1170. The van der Waals surface area contributed by atoms with Crippen molar-refractivity contribution in [2.45, 2.75) is 154 Å². The van der Waals surface area contributed by atoms with Gasteiger partial charge >= 0.3 is 0 Å². The molecule has 4 rings (SSSR count). The molecule has 1 aliphatic heterocycles. The number of benzene rings is 1. The second kappa shape index (κ2) is 32.0. The zero-order valence-corrected chi connectivity index (χ0v) is 37.5. The first kappa shape index (κ1) is 55.1. The highest BCUT2D eigenvalue weighted by Gasteiger charge is 2.39. The van der Waals surface area contributed by atoms with Gasteiger partial charge in [0.25, 0.3) is 0 Å². The summed E-state index contributed by atoms with van der Waals surface area (Å²) in [5, 5.41) is 0. The molecule has 0 unspecified atom stereocenters. The lowest BCUT2D eigenvalue weighted by Gasteiger charge is -2.46. The van der Waals surface area contributed by atoms with Gasteiger partial charge < -0.3 is 9.80 Å². The zero-order chi connectivity index (χ0) is 40.2. The van der Waals surface area contributed by atoms with E-state index in [4.69, 9.17) is 11.6 Å². The fourth-order valence-corrected chi connectivity index (χ4v) is 6.77. The molecule has 306 valence electrons. The van der Waals surface area contributed by atoms with Gasteiger partial charge in [-0.15, -0.1) is 18.2 Å². The van der Waals surface area contributed by atoms with Crippen molar-refractivity contribution >= 4 is 22.9 Å². The number of fused-ring (bicyclic) bond motifs is 1. The summed E-state index contributed by atoms with van der Waals surface area (Å²) < 4.78 is 0. The molecule has 0 radical (unpaired) electrons. The number of hydrogen-bond acceptors (Lipinski definition) is 2. The van der Waals surface area contributed by atoms with Crippen LogP contribution in [-0.2, 0) is 6.42 Å². The van der Waals surface area contributed by atoms with E-state index in [-0.39, 0.29) is 7.43 Å². The van der Waals surface area contributed by atoms with Crippen LogP contribution in [0.1, 0.15) is 159 Å². The van der Waals surface area contributed by atoms with Crippen LogP contribution in [0.2, 0.25) is 0 Å². The number of hydrogen-bond donors (Lipinski definition) is 0. The molecule has 1 aromatic rings. The van der Waals surface area contributed by atoms with Gasteiger partial charge in [0, 0.05) is 25.7 Å². The third-order valence-corrected chi connectivity index (χ3v) is 9.58. The zero-order valence-electron chi connectivity index (χ0n) is 36.8. The minimum atomic E-state index is 0. The van der Waals surface area contributed by atoms with Gasteiger partial charge in [-0.25, -0.2) is 0 Å². The van der Waals surface area contributed by atoms with Crippen LogP contribution in [0.4, 0.5) is 5.69 Å². The van der Waals surface area contributed by atoms with E-state index in [1.165, 1.54) is 105 Å². The summed E-state index contributed by atoms with van der Waals surface area (Å²) >= 11 is 5.47. The molecule has 0 bridgehead atoms. The highest BCUT2D eigenvalue weighted by Crippen LogP contribution is 2.46. The normalized spacial score (nSPS) is 16.7. The van der Waals surface area contributed by atoms with E-state index in [1.807, 2.05) is 39.8 Å². The fourth-order valence-electron chi connectivity index (χ4n) is 6.52. The van der Waals surface area contributed by atoms with Crippen LogP contribution in [0.3, 0.4) is 0 Å². The Labute approximate surface area is 338 Å². The summed E-state index contributed by atoms with van der Waals surface area (Å²) in [4.78, 5) is 4.79. The Balaban J connectivity index is -0.000000653. The summed E-state index contributed by atoms with van der Waals surface area (Å²) in [7, 11) is 4.11. The van der Waals surface area contributed by atoms with E-state index in [2.05, 4.69) is 135 Å². The molecule has 2 fully saturated rings. The number of alkyl halides is 1. The SMILES string of the molecule is C.C=CC1(C2CCCCC2)CCN(CCCC)CC1.C=CC1=CC(=C)c2cc(N(C)C)ccc2C1.CC.CC.CC(C)(C)C.CC/C=C\C(C)=C/CCl. The van der Waals surface area contributed by atoms with Gasteiger partial charge in [0.15, 0.2) is 0 Å². The third kappa shape index (κ3) is 24.0. The molecule has 3 heteroatoms. The van der Waals surface area contributed by atoms with Crippen LogP contribution in [-0.4, -0.2) is 44.5 Å². The molecule has 1 saturated heterocycles. The summed E-state index contributed by atoms with van der Waals surface area (Å²) in [6.45, 7) is 39.3. The number of allylic oxidation sites excluding steroid dienone is 9. The van der Waals surface area contributed by atoms with Crippen molar-refractivity contribution in [2.24, 2.45) is 16.7 Å². The summed E-state index contributed by atoms with van der Waals surface area (Å²) in [5.74, 6) is 1.55. The first-order valence-electron chi connectivity index (χ1n) is 20.8. The van der Waals surface area contributed by atoms with Crippen LogP contribution in [0.15, 0.2) is 85.5 Å². The molecule has 0 aromatic heterocycles. The maximum Gasteiger partial charge on any atom is 0.0409 e. The fraction of sp³-hybridized carbons (Fsp3) is 0.640. The van der Waals surface area contributed by atoms with Gasteiger partial charge in [-0.3, -0.25) is 0 Å². The predicted molar refractivity (Wildman–Crippen MR) is 250 cm³/mol. The van der Waals surface area contributed by atoms with E-state index in [0.29, 0.717) is 16.7 Å². The maximum absolute atomic E-state index is 5.47. The van der Waals surface area contributed by atoms with Crippen molar-refractivity contribution in [2.75, 3.05) is 44.5 Å². The standard InChI is InChI=1S/C17H31N.C15H17N.C8H13Cl.C5H12.2C2H6.CH4/c1-3-5-13-18-14-11-17(4-2,12-15-18)16-9-7-6-8-10-16;1-5-12-8-11(2)15-10-14(16(3)4)7-6-13(15)9-12;1-3-4-5-8(2)6-7-9;1-5(2,3)4;2*1-2;/h4,16H,2-3,5-15H2,1H3;5-8,10H,1-2,9H2,3-4H3;4-6H,3,7H2,1-2H3;1-4H3;2*1-2H3;1H4/b;;5-4-,8-6-;;;;. The van der Waals surface area contributed by atoms with Crippen LogP contribution >= 0.6 is 11.6 Å². The first-order chi connectivity index (χ1) is 24.7.